The van der Waals surface area contributed by atoms with Crippen LogP contribution in [-0.4, -0.2) is 42.3 Å². The van der Waals surface area contributed by atoms with Gasteiger partial charge in [0.2, 0.25) is 0 Å². The van der Waals surface area contributed by atoms with E-state index in [0.29, 0.717) is 6.04 Å². The minimum absolute atomic E-state index is 0.389. The minimum atomic E-state index is 0.389. The van der Waals surface area contributed by atoms with Crippen molar-refractivity contribution in [1.29, 1.82) is 0 Å². The number of piperidine rings is 1. The van der Waals surface area contributed by atoms with Gasteiger partial charge in [-0.1, -0.05) is 6.58 Å². The highest BCUT2D eigenvalue weighted by Gasteiger charge is 2.27. The minimum Gasteiger partial charge on any atom is -0.494 e. The predicted octanol–water partition coefficient (Wildman–Crippen LogP) is 3.85. The fraction of sp³-hybridized carbons (Fsp3) is 0.474. The molecular weight excluding hydrogens is 300 g/mol. The van der Waals surface area contributed by atoms with E-state index in [1.54, 1.807) is 13.3 Å². The molecule has 0 aliphatic carbocycles. The molecule has 0 spiro atoms. The number of hydrogen-bond donors (Lipinski definition) is 0. The number of anilines is 1. The number of rotatable bonds is 6. The predicted molar refractivity (Wildman–Crippen MR) is 101 cm³/mol. The van der Waals surface area contributed by atoms with Gasteiger partial charge in [0.15, 0.2) is 0 Å². The second kappa shape index (κ2) is 8.52. The number of methoxy groups -OCH3 is 1. The summed E-state index contributed by atoms with van der Waals surface area (Å²) in [6, 6.07) is 2.29. The van der Waals surface area contributed by atoms with E-state index in [2.05, 4.69) is 32.4 Å². The summed E-state index contributed by atoms with van der Waals surface area (Å²) in [5, 5.41) is 0. The number of aromatic nitrogens is 1. The lowest BCUT2D eigenvalue weighted by Gasteiger charge is -2.40. The van der Waals surface area contributed by atoms with Gasteiger partial charge in [-0.2, -0.15) is 0 Å². The van der Waals surface area contributed by atoms with Crippen LogP contribution in [0, 0.1) is 0 Å². The van der Waals surface area contributed by atoms with E-state index in [-0.39, 0.29) is 0 Å². The van der Waals surface area contributed by atoms with E-state index < -0.39 is 0 Å². The van der Waals surface area contributed by atoms with E-state index in [1.165, 1.54) is 0 Å². The van der Waals surface area contributed by atoms with Crippen molar-refractivity contribution in [2.75, 3.05) is 25.1 Å². The third kappa shape index (κ3) is 3.96. The van der Waals surface area contributed by atoms with Crippen LogP contribution in [0.2, 0.25) is 0 Å². The Bertz CT molecular complexity index is 616. The summed E-state index contributed by atoms with van der Waals surface area (Å²) < 4.78 is 5.51. The lowest BCUT2D eigenvalue weighted by atomic mass is 10.0. The van der Waals surface area contributed by atoms with Gasteiger partial charge in [-0.15, -0.1) is 0 Å². The zero-order chi connectivity index (χ0) is 17.5. The quantitative estimate of drug-likeness (QED) is 0.744. The van der Waals surface area contributed by atoms with Gasteiger partial charge in [0.05, 0.1) is 13.3 Å². The lowest BCUT2D eigenvalue weighted by molar-refractivity contribution is 0.258. The number of pyridine rings is 1. The first kappa shape index (κ1) is 18.0. The number of aliphatic imine (C=N–C) groups is 1. The van der Waals surface area contributed by atoms with Crippen LogP contribution in [-0.2, 0) is 0 Å². The standard InChI is InChI=1S/C19H28N4O/c1-6-19(21-7-2)22-12-9-16(10-13-22)23(15(3)4)17-14-20-11-8-18(17)24-5/h6-8,11,14,16H,3,9-10,12-13H2,1-2,4-5H3/b19-6+,21-7-. The summed E-state index contributed by atoms with van der Waals surface area (Å²) in [4.78, 5) is 13.3. The molecule has 1 aliphatic heterocycles. The molecule has 0 radical (unpaired) electrons. The molecule has 1 aromatic heterocycles. The Kier molecular flexibility index (Phi) is 6.41. The third-order valence-corrected chi connectivity index (χ3v) is 4.33. The van der Waals surface area contributed by atoms with Gasteiger partial charge in [0, 0.05) is 43.3 Å². The SMILES string of the molecule is C=C(C)N(c1cnccc1OC)C1CCN(C(=C/C)/N=C\C)CC1. The maximum Gasteiger partial charge on any atom is 0.145 e. The first-order valence-corrected chi connectivity index (χ1v) is 8.45. The summed E-state index contributed by atoms with van der Waals surface area (Å²) in [6.07, 6.45) is 9.62. The van der Waals surface area contributed by atoms with E-state index in [9.17, 15) is 0 Å². The van der Waals surface area contributed by atoms with Crippen molar-refractivity contribution in [1.82, 2.24) is 9.88 Å². The van der Waals surface area contributed by atoms with E-state index >= 15 is 0 Å². The first-order chi connectivity index (χ1) is 11.6. The average molecular weight is 328 g/mol. The molecular formula is C19H28N4O. The molecule has 0 bridgehead atoms. The highest BCUT2D eigenvalue weighted by molar-refractivity contribution is 5.61. The fourth-order valence-electron chi connectivity index (χ4n) is 3.27. The van der Waals surface area contributed by atoms with Crippen LogP contribution >= 0.6 is 0 Å². The summed E-state index contributed by atoms with van der Waals surface area (Å²) in [7, 11) is 1.69. The zero-order valence-corrected chi connectivity index (χ0v) is 15.2. The molecule has 2 rings (SSSR count). The van der Waals surface area contributed by atoms with Gasteiger partial charge in [0.1, 0.15) is 17.3 Å². The molecule has 1 fully saturated rings. The second-order valence-electron chi connectivity index (χ2n) is 5.91. The van der Waals surface area contributed by atoms with Crippen LogP contribution in [0.5, 0.6) is 5.75 Å². The Hall–Kier alpha value is -2.30. The Labute approximate surface area is 145 Å². The van der Waals surface area contributed by atoms with Crippen molar-refractivity contribution in [2.45, 2.75) is 39.7 Å². The fourth-order valence-corrected chi connectivity index (χ4v) is 3.27. The van der Waals surface area contributed by atoms with Crippen molar-refractivity contribution in [3.63, 3.8) is 0 Å². The van der Waals surface area contributed by atoms with Gasteiger partial charge in [-0.3, -0.25) is 4.98 Å². The van der Waals surface area contributed by atoms with E-state index in [4.69, 9.17) is 4.74 Å². The first-order valence-electron chi connectivity index (χ1n) is 8.45. The molecule has 0 atom stereocenters. The molecule has 1 aromatic rings. The molecule has 0 aromatic carbocycles. The summed E-state index contributed by atoms with van der Waals surface area (Å²) in [5.41, 5.74) is 2.00. The molecule has 1 aliphatic rings. The molecule has 1 saturated heterocycles. The van der Waals surface area contributed by atoms with Gasteiger partial charge < -0.3 is 14.5 Å². The molecule has 0 saturated carbocycles. The van der Waals surface area contributed by atoms with Crippen molar-refractivity contribution in [3.05, 3.63) is 42.6 Å². The molecule has 0 N–H and O–H groups in total. The lowest BCUT2D eigenvalue weighted by Crippen LogP contribution is -2.43. The Morgan fingerprint density at radius 2 is 2.12 bits per heavy atom. The second-order valence-corrected chi connectivity index (χ2v) is 5.91. The number of nitrogens with zero attached hydrogens (tertiary/aromatic N) is 4. The topological polar surface area (TPSA) is 41.0 Å². The normalized spacial score (nSPS) is 16.5. The van der Waals surface area contributed by atoms with Gasteiger partial charge in [-0.25, -0.2) is 4.99 Å². The monoisotopic (exact) mass is 328 g/mol. The largest absolute Gasteiger partial charge is 0.494 e. The van der Waals surface area contributed by atoms with Gasteiger partial charge in [0.25, 0.3) is 0 Å². The maximum absolute atomic E-state index is 5.51. The van der Waals surface area contributed by atoms with Crippen molar-refractivity contribution >= 4 is 11.9 Å². The molecule has 24 heavy (non-hydrogen) atoms. The summed E-state index contributed by atoms with van der Waals surface area (Å²) in [6.45, 7) is 12.2. The molecule has 5 nitrogen and oxygen atoms in total. The smallest absolute Gasteiger partial charge is 0.145 e. The van der Waals surface area contributed by atoms with Crippen LogP contribution in [0.1, 0.15) is 33.6 Å². The number of likely N-dealkylation sites (tertiary alicyclic amines) is 1. The average Bonchev–Trinajstić information content (AvgIpc) is 2.61. The van der Waals surface area contributed by atoms with Crippen molar-refractivity contribution in [3.8, 4) is 5.75 Å². The molecule has 5 heteroatoms. The van der Waals surface area contributed by atoms with E-state index in [0.717, 1.165) is 48.9 Å². The zero-order valence-electron chi connectivity index (χ0n) is 15.2. The van der Waals surface area contributed by atoms with Gasteiger partial charge >= 0.3 is 0 Å². The van der Waals surface area contributed by atoms with Crippen LogP contribution < -0.4 is 9.64 Å². The molecule has 0 amide bonds. The summed E-state index contributed by atoms with van der Waals surface area (Å²) in [5.74, 6) is 1.89. The summed E-state index contributed by atoms with van der Waals surface area (Å²) >= 11 is 0. The maximum atomic E-state index is 5.51. The third-order valence-electron chi connectivity index (χ3n) is 4.33. The Morgan fingerprint density at radius 3 is 2.67 bits per heavy atom. The number of hydrogen-bond acceptors (Lipinski definition) is 5. The van der Waals surface area contributed by atoms with Crippen molar-refractivity contribution < 1.29 is 4.74 Å². The molecule has 0 unspecified atom stereocenters. The molecule has 2 heterocycles. The molecule has 130 valence electrons. The van der Waals surface area contributed by atoms with Crippen LogP contribution in [0.4, 0.5) is 5.69 Å². The number of ether oxygens (including phenoxy) is 1. The Morgan fingerprint density at radius 1 is 1.42 bits per heavy atom. The van der Waals surface area contributed by atoms with Crippen LogP contribution in [0.25, 0.3) is 0 Å². The van der Waals surface area contributed by atoms with Gasteiger partial charge in [-0.05, 0) is 39.7 Å². The highest BCUT2D eigenvalue weighted by Crippen LogP contribution is 2.34. The van der Waals surface area contributed by atoms with Crippen LogP contribution in [0.3, 0.4) is 0 Å². The van der Waals surface area contributed by atoms with Crippen molar-refractivity contribution in [2.24, 2.45) is 4.99 Å². The number of allylic oxidation sites excluding steroid dienone is 2. The Balaban J connectivity index is 2.16. The van der Waals surface area contributed by atoms with Crippen LogP contribution in [0.15, 0.2) is 47.6 Å². The van der Waals surface area contributed by atoms with E-state index in [1.807, 2.05) is 39.2 Å². The highest BCUT2D eigenvalue weighted by atomic mass is 16.5.